The fourth-order valence-corrected chi connectivity index (χ4v) is 4.05. The molecule has 1 aliphatic rings. The van der Waals surface area contributed by atoms with Crippen molar-refractivity contribution in [3.8, 4) is 0 Å². The van der Waals surface area contributed by atoms with Crippen LogP contribution in [0.2, 0.25) is 0 Å². The third-order valence-electron chi connectivity index (χ3n) is 4.47. The lowest BCUT2D eigenvalue weighted by molar-refractivity contribution is -0.137. The molecule has 0 saturated heterocycles. The number of anilines is 1. The Balaban J connectivity index is 1.59. The molecular weight excluding hydrogens is 363 g/mol. The minimum Gasteiger partial charge on any atom is -0.302 e. The highest BCUT2D eigenvalue weighted by Gasteiger charge is 2.30. The Kier molecular flexibility index (Phi) is 5.34. The molecule has 140 valence electrons. The van der Waals surface area contributed by atoms with Gasteiger partial charge in [0.15, 0.2) is 5.13 Å². The van der Waals surface area contributed by atoms with E-state index in [0.717, 1.165) is 37.3 Å². The quantitative estimate of drug-likeness (QED) is 0.857. The average Bonchev–Trinajstić information content (AvgIpc) is 2.95. The van der Waals surface area contributed by atoms with Crippen LogP contribution in [0.15, 0.2) is 24.3 Å². The standard InChI is InChI=1S/C18H20F3N3OS/c1-11(12-3-5-13(6-4-12)18(19,20)21)9-16(25)23-17-22-14-7-8-24(2)10-15(14)26-17/h3-6,11H,7-10H2,1-2H3,(H,22,23,25)/t11-/m1/s1. The highest BCUT2D eigenvalue weighted by molar-refractivity contribution is 7.15. The SMILES string of the molecule is C[C@H](CC(=O)Nc1nc2c(s1)CN(C)CC2)c1ccc(C(F)(F)F)cc1. The van der Waals surface area contributed by atoms with Crippen molar-refractivity contribution in [2.24, 2.45) is 0 Å². The van der Waals surface area contributed by atoms with Crippen LogP contribution in [0, 0.1) is 0 Å². The molecule has 2 heterocycles. The van der Waals surface area contributed by atoms with Crippen molar-refractivity contribution in [2.45, 2.75) is 38.4 Å². The molecule has 0 bridgehead atoms. The number of hydrogen-bond acceptors (Lipinski definition) is 4. The maximum Gasteiger partial charge on any atom is 0.416 e. The van der Waals surface area contributed by atoms with E-state index in [9.17, 15) is 18.0 Å². The van der Waals surface area contributed by atoms with Crippen LogP contribution < -0.4 is 5.32 Å². The van der Waals surface area contributed by atoms with Gasteiger partial charge in [0.25, 0.3) is 0 Å². The number of fused-ring (bicyclic) bond motifs is 1. The number of hydrogen-bond donors (Lipinski definition) is 1. The highest BCUT2D eigenvalue weighted by atomic mass is 32.1. The smallest absolute Gasteiger partial charge is 0.302 e. The number of nitrogens with zero attached hydrogens (tertiary/aromatic N) is 2. The molecule has 0 radical (unpaired) electrons. The monoisotopic (exact) mass is 383 g/mol. The Morgan fingerprint density at radius 2 is 2.04 bits per heavy atom. The second-order valence-corrected chi connectivity index (χ2v) is 7.73. The first-order valence-electron chi connectivity index (χ1n) is 8.36. The highest BCUT2D eigenvalue weighted by Crippen LogP contribution is 2.31. The van der Waals surface area contributed by atoms with Crippen LogP contribution in [0.1, 0.15) is 41.0 Å². The number of likely N-dealkylation sites (N-methyl/N-ethyl adjacent to an activating group) is 1. The summed E-state index contributed by atoms with van der Waals surface area (Å²) < 4.78 is 37.9. The number of amides is 1. The van der Waals surface area contributed by atoms with Gasteiger partial charge in [-0.3, -0.25) is 4.79 Å². The van der Waals surface area contributed by atoms with E-state index in [1.54, 1.807) is 0 Å². The predicted molar refractivity (Wildman–Crippen MR) is 95.3 cm³/mol. The topological polar surface area (TPSA) is 45.2 Å². The molecule has 1 amide bonds. The molecule has 4 nitrogen and oxygen atoms in total. The summed E-state index contributed by atoms with van der Waals surface area (Å²) in [5, 5.41) is 3.41. The third kappa shape index (κ3) is 4.42. The van der Waals surface area contributed by atoms with Crippen molar-refractivity contribution in [2.75, 3.05) is 18.9 Å². The van der Waals surface area contributed by atoms with Crippen molar-refractivity contribution in [3.63, 3.8) is 0 Å². The molecule has 1 aliphatic heterocycles. The zero-order chi connectivity index (χ0) is 18.9. The Morgan fingerprint density at radius 3 is 2.69 bits per heavy atom. The van der Waals surface area contributed by atoms with Crippen LogP contribution in [-0.4, -0.2) is 29.4 Å². The van der Waals surface area contributed by atoms with Crippen molar-refractivity contribution in [3.05, 3.63) is 46.0 Å². The Hall–Kier alpha value is -1.93. The van der Waals surface area contributed by atoms with Gasteiger partial charge in [0.1, 0.15) is 0 Å². The molecule has 3 rings (SSSR count). The van der Waals surface area contributed by atoms with Gasteiger partial charge in [-0.15, -0.1) is 11.3 Å². The molecule has 0 unspecified atom stereocenters. The van der Waals surface area contributed by atoms with Gasteiger partial charge in [0.2, 0.25) is 5.91 Å². The summed E-state index contributed by atoms with van der Waals surface area (Å²) in [7, 11) is 2.05. The summed E-state index contributed by atoms with van der Waals surface area (Å²) >= 11 is 1.49. The Morgan fingerprint density at radius 1 is 1.35 bits per heavy atom. The van der Waals surface area contributed by atoms with E-state index in [1.165, 1.54) is 28.3 Å². The zero-order valence-electron chi connectivity index (χ0n) is 14.6. The number of nitrogens with one attached hydrogen (secondary N) is 1. The Labute approximate surface area is 154 Å². The molecule has 1 aromatic carbocycles. The molecule has 26 heavy (non-hydrogen) atoms. The molecule has 1 N–H and O–H groups in total. The summed E-state index contributed by atoms with van der Waals surface area (Å²) in [4.78, 5) is 20.1. The maximum absolute atomic E-state index is 12.6. The van der Waals surface area contributed by atoms with E-state index in [0.29, 0.717) is 10.7 Å². The first-order valence-corrected chi connectivity index (χ1v) is 9.18. The van der Waals surface area contributed by atoms with Crippen LogP contribution in [0.5, 0.6) is 0 Å². The van der Waals surface area contributed by atoms with Crippen LogP contribution in [-0.2, 0) is 23.9 Å². The zero-order valence-corrected chi connectivity index (χ0v) is 15.4. The number of carbonyl (C=O) groups excluding carboxylic acids is 1. The lowest BCUT2D eigenvalue weighted by Crippen LogP contribution is -2.25. The van der Waals surface area contributed by atoms with Crippen molar-refractivity contribution in [1.29, 1.82) is 0 Å². The summed E-state index contributed by atoms with van der Waals surface area (Å²) in [6, 6.07) is 4.96. The number of aromatic nitrogens is 1. The molecule has 1 atom stereocenters. The van der Waals surface area contributed by atoms with E-state index in [1.807, 2.05) is 14.0 Å². The fourth-order valence-electron chi connectivity index (χ4n) is 2.94. The van der Waals surface area contributed by atoms with E-state index in [-0.39, 0.29) is 18.2 Å². The molecule has 0 aliphatic carbocycles. The molecular formula is C18H20F3N3OS. The summed E-state index contributed by atoms with van der Waals surface area (Å²) in [6.07, 6.45) is -3.28. The minimum atomic E-state index is -4.35. The molecule has 2 aromatic rings. The molecule has 1 aromatic heterocycles. The summed E-state index contributed by atoms with van der Waals surface area (Å²) in [5.41, 5.74) is 1.06. The van der Waals surface area contributed by atoms with Crippen molar-refractivity contribution >= 4 is 22.4 Å². The van der Waals surface area contributed by atoms with Gasteiger partial charge in [-0.2, -0.15) is 13.2 Å². The number of carbonyl (C=O) groups is 1. The van der Waals surface area contributed by atoms with Gasteiger partial charge in [-0.1, -0.05) is 19.1 Å². The van der Waals surface area contributed by atoms with Gasteiger partial charge >= 0.3 is 6.18 Å². The lowest BCUT2D eigenvalue weighted by Gasteiger charge is -2.20. The second-order valence-electron chi connectivity index (χ2n) is 6.65. The fraction of sp³-hybridized carbons (Fsp3) is 0.444. The van der Waals surface area contributed by atoms with E-state index >= 15 is 0 Å². The van der Waals surface area contributed by atoms with Gasteiger partial charge < -0.3 is 10.2 Å². The lowest BCUT2D eigenvalue weighted by atomic mass is 9.96. The number of thiazole rings is 1. The summed E-state index contributed by atoms with van der Waals surface area (Å²) in [5.74, 6) is -0.366. The van der Waals surface area contributed by atoms with Crippen LogP contribution >= 0.6 is 11.3 Å². The van der Waals surface area contributed by atoms with Crippen LogP contribution in [0.3, 0.4) is 0 Å². The third-order valence-corrected chi connectivity index (χ3v) is 5.46. The maximum atomic E-state index is 12.6. The molecule has 0 spiro atoms. The molecule has 8 heteroatoms. The summed E-state index contributed by atoms with van der Waals surface area (Å²) in [6.45, 7) is 3.61. The van der Waals surface area contributed by atoms with E-state index in [2.05, 4.69) is 15.2 Å². The Bertz CT molecular complexity index is 786. The van der Waals surface area contributed by atoms with Crippen molar-refractivity contribution < 1.29 is 18.0 Å². The van der Waals surface area contributed by atoms with Gasteiger partial charge in [-0.05, 0) is 30.7 Å². The first-order chi connectivity index (χ1) is 12.2. The normalized spacial score (nSPS) is 16.2. The average molecular weight is 383 g/mol. The molecule has 0 saturated carbocycles. The largest absolute Gasteiger partial charge is 0.416 e. The van der Waals surface area contributed by atoms with Gasteiger partial charge in [-0.25, -0.2) is 4.98 Å². The van der Waals surface area contributed by atoms with Gasteiger partial charge in [0.05, 0.1) is 11.3 Å². The van der Waals surface area contributed by atoms with E-state index in [4.69, 9.17) is 0 Å². The number of rotatable bonds is 4. The van der Waals surface area contributed by atoms with Crippen LogP contribution in [0.4, 0.5) is 18.3 Å². The predicted octanol–water partition coefficient (Wildman–Crippen LogP) is 4.28. The number of halogens is 3. The number of benzene rings is 1. The minimum absolute atomic E-state index is 0.182. The van der Waals surface area contributed by atoms with E-state index < -0.39 is 11.7 Å². The number of alkyl halides is 3. The van der Waals surface area contributed by atoms with Crippen LogP contribution in [0.25, 0.3) is 0 Å². The molecule has 0 fully saturated rings. The second kappa shape index (κ2) is 7.36. The first kappa shape index (κ1) is 18.8. The van der Waals surface area contributed by atoms with Gasteiger partial charge in [0, 0.05) is 30.8 Å². The van der Waals surface area contributed by atoms with Crippen molar-refractivity contribution in [1.82, 2.24) is 9.88 Å².